The molecule has 31 heavy (non-hydrogen) atoms. The molecule has 0 spiro atoms. The molecule has 8 nitrogen and oxygen atoms in total. The molecule has 0 aliphatic carbocycles. The van der Waals surface area contributed by atoms with Gasteiger partial charge in [-0.25, -0.2) is 0 Å². The lowest BCUT2D eigenvalue weighted by molar-refractivity contribution is -0.148. The monoisotopic (exact) mass is 448 g/mol. The zero-order valence-electron chi connectivity index (χ0n) is 19.9. The van der Waals surface area contributed by atoms with Crippen LogP contribution in [-0.4, -0.2) is 78.0 Å². The maximum absolute atomic E-state index is 11.8. The first kappa shape index (κ1) is 29.8. The number of unbranched alkanes of at least 4 members (excludes halogenated alkanes) is 2. The van der Waals surface area contributed by atoms with Crippen molar-refractivity contribution in [1.82, 2.24) is 0 Å². The van der Waals surface area contributed by atoms with E-state index in [-0.39, 0.29) is 43.9 Å². The van der Waals surface area contributed by atoms with Gasteiger partial charge in [-0.05, 0) is 25.2 Å². The Balaban J connectivity index is 3.46. The van der Waals surface area contributed by atoms with Crippen LogP contribution in [0.5, 0.6) is 0 Å². The van der Waals surface area contributed by atoms with E-state index in [1.807, 2.05) is 6.92 Å². The Kier molecular flexibility index (Phi) is 22.5. The molecule has 0 aliphatic rings. The van der Waals surface area contributed by atoms with Crippen LogP contribution in [0.3, 0.4) is 0 Å². The van der Waals surface area contributed by atoms with E-state index in [4.69, 9.17) is 28.4 Å². The van der Waals surface area contributed by atoms with Gasteiger partial charge in [-0.15, -0.1) is 0 Å². The molecule has 0 bridgehead atoms. The van der Waals surface area contributed by atoms with Gasteiger partial charge in [0.2, 0.25) is 0 Å². The van der Waals surface area contributed by atoms with Crippen LogP contribution in [0, 0.1) is 5.92 Å². The Morgan fingerprint density at radius 2 is 1.03 bits per heavy atom. The normalized spacial score (nSPS) is 12.0. The largest absolute Gasteiger partial charge is 0.463 e. The summed E-state index contributed by atoms with van der Waals surface area (Å²) < 4.78 is 31.7. The third kappa shape index (κ3) is 23.3. The lowest BCUT2D eigenvalue weighted by atomic mass is 10.0. The van der Waals surface area contributed by atoms with Crippen molar-refractivity contribution >= 4 is 11.9 Å². The molecule has 0 amide bonds. The molecule has 0 saturated carbocycles. The standard InChI is InChI=1S/C23H44O8/c1-4-6-10-26-12-14-28-16-18-30-22(24)9-8-21(3)20-23(25)31-19-17-29-15-13-27-11-7-5-2/h21H,4-20H2,1-3H3. The van der Waals surface area contributed by atoms with Crippen molar-refractivity contribution in [3.8, 4) is 0 Å². The molecule has 0 heterocycles. The topological polar surface area (TPSA) is 89.5 Å². The molecule has 0 saturated heterocycles. The molecule has 184 valence electrons. The van der Waals surface area contributed by atoms with Crippen LogP contribution >= 0.6 is 0 Å². The molecule has 0 aromatic heterocycles. The van der Waals surface area contributed by atoms with Crippen molar-refractivity contribution in [3.05, 3.63) is 0 Å². The fourth-order valence-corrected chi connectivity index (χ4v) is 2.45. The molecule has 1 unspecified atom stereocenters. The lowest BCUT2D eigenvalue weighted by Gasteiger charge is -2.11. The second-order valence-corrected chi connectivity index (χ2v) is 7.45. The Bertz CT molecular complexity index is 416. The molecule has 0 fully saturated rings. The van der Waals surface area contributed by atoms with E-state index in [9.17, 15) is 9.59 Å². The second kappa shape index (κ2) is 23.4. The average molecular weight is 449 g/mol. The summed E-state index contributed by atoms with van der Waals surface area (Å²) in [6.07, 6.45) is 5.45. The van der Waals surface area contributed by atoms with E-state index in [1.165, 1.54) is 0 Å². The van der Waals surface area contributed by atoms with E-state index in [1.54, 1.807) is 0 Å². The van der Waals surface area contributed by atoms with Crippen molar-refractivity contribution in [1.29, 1.82) is 0 Å². The highest BCUT2D eigenvalue weighted by atomic mass is 16.6. The van der Waals surface area contributed by atoms with Crippen LogP contribution < -0.4 is 0 Å². The van der Waals surface area contributed by atoms with Crippen molar-refractivity contribution in [2.45, 2.75) is 65.7 Å². The highest BCUT2D eigenvalue weighted by Crippen LogP contribution is 2.12. The van der Waals surface area contributed by atoms with E-state index < -0.39 is 0 Å². The third-order valence-corrected chi connectivity index (χ3v) is 4.37. The summed E-state index contributed by atoms with van der Waals surface area (Å²) in [6.45, 7) is 10.9. The Morgan fingerprint density at radius 3 is 1.52 bits per heavy atom. The van der Waals surface area contributed by atoms with E-state index >= 15 is 0 Å². The van der Waals surface area contributed by atoms with Crippen LogP contribution in [0.2, 0.25) is 0 Å². The van der Waals surface area contributed by atoms with Crippen LogP contribution in [0.25, 0.3) is 0 Å². The molecule has 0 N–H and O–H groups in total. The first-order valence-electron chi connectivity index (χ1n) is 11.7. The van der Waals surface area contributed by atoms with Gasteiger partial charge in [-0.2, -0.15) is 0 Å². The predicted molar refractivity (Wildman–Crippen MR) is 118 cm³/mol. The van der Waals surface area contributed by atoms with E-state index in [0.717, 1.165) is 38.9 Å². The van der Waals surface area contributed by atoms with Gasteiger partial charge in [0.1, 0.15) is 13.2 Å². The first-order valence-corrected chi connectivity index (χ1v) is 11.7. The number of hydrogen-bond donors (Lipinski definition) is 0. The van der Waals surface area contributed by atoms with Gasteiger partial charge in [-0.3, -0.25) is 9.59 Å². The smallest absolute Gasteiger partial charge is 0.306 e. The van der Waals surface area contributed by atoms with E-state index in [2.05, 4.69) is 13.8 Å². The van der Waals surface area contributed by atoms with Crippen molar-refractivity contribution in [2.75, 3.05) is 66.1 Å². The number of ether oxygens (including phenoxy) is 6. The Hall–Kier alpha value is -1.22. The summed E-state index contributed by atoms with van der Waals surface area (Å²) in [7, 11) is 0. The summed E-state index contributed by atoms with van der Waals surface area (Å²) in [5, 5.41) is 0. The van der Waals surface area contributed by atoms with Crippen LogP contribution in [0.15, 0.2) is 0 Å². The molecule has 0 rings (SSSR count). The number of esters is 2. The van der Waals surface area contributed by atoms with Crippen LogP contribution in [0.4, 0.5) is 0 Å². The van der Waals surface area contributed by atoms with E-state index in [0.29, 0.717) is 46.1 Å². The number of rotatable bonds is 23. The molecule has 0 radical (unpaired) electrons. The molecular formula is C23H44O8. The Labute approximate surface area is 188 Å². The SMILES string of the molecule is CCCCOCCOCCOC(=O)CCC(C)CC(=O)OCCOCCOCCCC. The highest BCUT2D eigenvalue weighted by molar-refractivity contribution is 5.70. The molecular weight excluding hydrogens is 404 g/mol. The fraction of sp³-hybridized carbons (Fsp3) is 0.913. The van der Waals surface area contributed by atoms with Gasteiger partial charge in [0.25, 0.3) is 0 Å². The maximum Gasteiger partial charge on any atom is 0.306 e. The summed E-state index contributed by atoms with van der Waals surface area (Å²) in [5.41, 5.74) is 0. The quantitative estimate of drug-likeness (QED) is 0.173. The van der Waals surface area contributed by atoms with Gasteiger partial charge in [0.05, 0.1) is 39.6 Å². The minimum absolute atomic E-state index is 0.0458. The number of hydrogen-bond acceptors (Lipinski definition) is 8. The summed E-state index contributed by atoms with van der Waals surface area (Å²) >= 11 is 0. The Morgan fingerprint density at radius 1 is 0.613 bits per heavy atom. The van der Waals surface area contributed by atoms with Crippen molar-refractivity contribution < 1.29 is 38.0 Å². The summed E-state index contributed by atoms with van der Waals surface area (Å²) in [4.78, 5) is 23.6. The van der Waals surface area contributed by atoms with Crippen LogP contribution in [-0.2, 0) is 38.0 Å². The lowest BCUT2D eigenvalue weighted by Crippen LogP contribution is -2.16. The second-order valence-electron chi connectivity index (χ2n) is 7.45. The molecule has 0 aromatic carbocycles. The zero-order valence-corrected chi connectivity index (χ0v) is 19.9. The molecule has 8 heteroatoms. The number of carbonyl (C=O) groups excluding carboxylic acids is 2. The minimum atomic E-state index is -0.280. The van der Waals surface area contributed by atoms with Crippen molar-refractivity contribution in [3.63, 3.8) is 0 Å². The fourth-order valence-electron chi connectivity index (χ4n) is 2.45. The average Bonchev–Trinajstić information content (AvgIpc) is 2.75. The first-order chi connectivity index (χ1) is 15.1. The van der Waals surface area contributed by atoms with Gasteiger partial charge in [-0.1, -0.05) is 33.6 Å². The predicted octanol–water partition coefficient (Wildman–Crippen LogP) is 3.55. The van der Waals surface area contributed by atoms with Crippen molar-refractivity contribution in [2.24, 2.45) is 5.92 Å². The third-order valence-electron chi connectivity index (χ3n) is 4.37. The van der Waals surface area contributed by atoms with Gasteiger partial charge in [0.15, 0.2) is 0 Å². The summed E-state index contributed by atoms with van der Waals surface area (Å²) in [5.74, 6) is -0.514. The van der Waals surface area contributed by atoms with Gasteiger partial charge < -0.3 is 28.4 Å². The molecule has 1 atom stereocenters. The minimum Gasteiger partial charge on any atom is -0.463 e. The molecule has 0 aromatic rings. The number of carbonyl (C=O) groups is 2. The van der Waals surface area contributed by atoms with Crippen LogP contribution in [0.1, 0.15) is 65.7 Å². The highest BCUT2D eigenvalue weighted by Gasteiger charge is 2.13. The zero-order chi connectivity index (χ0) is 23.0. The van der Waals surface area contributed by atoms with Gasteiger partial charge >= 0.3 is 11.9 Å². The molecule has 0 aliphatic heterocycles. The van der Waals surface area contributed by atoms with Gasteiger partial charge in [0, 0.05) is 26.1 Å². The summed E-state index contributed by atoms with van der Waals surface area (Å²) in [6, 6.07) is 0. The maximum atomic E-state index is 11.8.